The number of hydroxylamine groups is 2. The molecule has 14 heavy (non-hydrogen) atoms. The number of hydrogen-bond acceptors (Lipinski definition) is 4. The highest BCUT2D eigenvalue weighted by Crippen LogP contribution is 2.30. The monoisotopic (exact) mass is 189 g/mol. The highest BCUT2D eigenvalue weighted by Gasteiger charge is 2.39. The normalized spacial score (nSPS) is 15.9. The zero-order valence-electron chi connectivity index (χ0n) is 6.77. The number of rotatable bonds is 0. The topological polar surface area (TPSA) is 74.7 Å². The molecule has 0 saturated heterocycles. The Balaban J connectivity index is 2.45. The van der Waals surface area contributed by atoms with Crippen molar-refractivity contribution < 1.29 is 14.8 Å². The van der Waals surface area contributed by atoms with E-state index in [1.54, 1.807) is 0 Å². The number of nitrogens with zero attached hydrogens (tertiary/aromatic N) is 1. The van der Waals surface area contributed by atoms with E-state index >= 15 is 0 Å². The van der Waals surface area contributed by atoms with Gasteiger partial charge in [-0.15, -0.1) is 5.06 Å². The van der Waals surface area contributed by atoms with E-state index in [-0.39, 0.29) is 27.0 Å². The summed E-state index contributed by atoms with van der Waals surface area (Å²) in [6.45, 7) is 0. The maximum atomic E-state index is 11.3. The highest BCUT2D eigenvalue weighted by molar-refractivity contribution is 6.28. The first-order valence-electron chi connectivity index (χ1n) is 3.92. The van der Waals surface area contributed by atoms with E-state index in [9.17, 15) is 14.4 Å². The van der Waals surface area contributed by atoms with Crippen molar-refractivity contribution in [2.75, 3.05) is 0 Å². The Kier molecular flexibility index (Phi) is 1.01. The fourth-order valence-corrected chi connectivity index (χ4v) is 1.69. The fourth-order valence-electron chi connectivity index (χ4n) is 1.69. The summed E-state index contributed by atoms with van der Waals surface area (Å²) in [5, 5.41) is 9.82. The second-order valence-corrected chi connectivity index (χ2v) is 3.16. The number of fused-ring (bicyclic) bond motifs is 3. The molecule has 1 heterocycles. The average Bonchev–Trinajstić information content (AvgIpc) is 2.79. The van der Waals surface area contributed by atoms with Crippen LogP contribution >= 0.6 is 0 Å². The van der Waals surface area contributed by atoms with E-state index in [0.29, 0.717) is 5.39 Å². The van der Waals surface area contributed by atoms with Crippen molar-refractivity contribution in [1.29, 1.82) is 0 Å². The second kappa shape index (κ2) is 1.91. The first-order chi connectivity index (χ1) is 6.63. The van der Waals surface area contributed by atoms with E-state index in [4.69, 9.17) is 5.21 Å². The molecule has 68 valence electrons. The molecule has 0 saturated carbocycles. The van der Waals surface area contributed by atoms with Crippen molar-refractivity contribution in [3.63, 3.8) is 0 Å². The molecule has 0 atom stereocenters. The van der Waals surface area contributed by atoms with Crippen molar-refractivity contribution in [2.24, 2.45) is 0 Å². The first-order valence-corrected chi connectivity index (χ1v) is 3.92. The molecule has 3 rings (SSSR count). The second-order valence-electron chi connectivity index (χ2n) is 3.16. The number of carbonyl (C=O) groups excluding carboxylic acids is 2. The molecular formula is C9H3NO4. The maximum absolute atomic E-state index is 11.3. The van der Waals surface area contributed by atoms with Crippen LogP contribution in [-0.4, -0.2) is 22.1 Å². The average molecular weight is 189 g/mol. The third kappa shape index (κ3) is 0.590. The summed E-state index contributed by atoms with van der Waals surface area (Å²) in [6, 6.07) is 2.87. The smallest absolute Gasteiger partial charge is 0.286 e. The molecule has 0 bridgehead atoms. The molecule has 5 nitrogen and oxygen atoms in total. The standard InChI is InChI=1S/C9H3NO4/c11-7-3-1-2-4-6(5(3)7)9(13)10(14)8(4)12/h1-2,14H. The van der Waals surface area contributed by atoms with Crippen LogP contribution in [0.5, 0.6) is 0 Å². The van der Waals surface area contributed by atoms with Crippen LogP contribution in [0.15, 0.2) is 16.9 Å². The van der Waals surface area contributed by atoms with E-state index in [1.807, 2.05) is 0 Å². The van der Waals surface area contributed by atoms with Gasteiger partial charge in [-0.1, -0.05) is 0 Å². The Morgan fingerprint density at radius 3 is 2.50 bits per heavy atom. The summed E-state index contributed by atoms with van der Waals surface area (Å²) in [5.74, 6) is -1.58. The Bertz CT molecular complexity index is 618. The molecule has 0 spiro atoms. The highest BCUT2D eigenvalue weighted by atomic mass is 16.5. The van der Waals surface area contributed by atoms with Crippen molar-refractivity contribution in [1.82, 2.24) is 5.06 Å². The number of imide groups is 1. The van der Waals surface area contributed by atoms with E-state index in [2.05, 4.69) is 0 Å². The largest absolute Gasteiger partial charge is 0.289 e. The molecule has 0 aliphatic carbocycles. The van der Waals surface area contributed by atoms with Gasteiger partial charge in [0, 0.05) is 10.8 Å². The molecule has 0 aromatic heterocycles. The molecule has 1 N–H and O–H groups in total. The lowest BCUT2D eigenvalue weighted by Gasteiger charge is -1.99. The van der Waals surface area contributed by atoms with Gasteiger partial charge in [-0.05, 0) is 12.1 Å². The van der Waals surface area contributed by atoms with Crippen LogP contribution in [0.2, 0.25) is 0 Å². The minimum atomic E-state index is -0.812. The SMILES string of the molecule is O=C1c2ccc3c(=O)c3c2C(=O)N1O. The Morgan fingerprint density at radius 2 is 1.79 bits per heavy atom. The zero-order chi connectivity index (χ0) is 10.0. The van der Waals surface area contributed by atoms with Gasteiger partial charge in [0.1, 0.15) is 0 Å². The van der Waals surface area contributed by atoms with Gasteiger partial charge in [0.05, 0.1) is 11.1 Å². The van der Waals surface area contributed by atoms with Crippen molar-refractivity contribution >= 4 is 22.6 Å². The zero-order valence-corrected chi connectivity index (χ0v) is 6.77. The number of carbonyl (C=O) groups is 2. The van der Waals surface area contributed by atoms with E-state index < -0.39 is 11.8 Å². The van der Waals surface area contributed by atoms with Crippen LogP contribution in [0.25, 0.3) is 10.8 Å². The third-order valence-electron chi connectivity index (χ3n) is 2.44. The van der Waals surface area contributed by atoms with Crippen molar-refractivity contribution in [3.8, 4) is 0 Å². The molecule has 1 aliphatic rings. The van der Waals surface area contributed by atoms with Crippen LogP contribution in [0.1, 0.15) is 20.7 Å². The summed E-state index contributed by atoms with van der Waals surface area (Å²) >= 11 is 0. The van der Waals surface area contributed by atoms with E-state index in [0.717, 1.165) is 0 Å². The number of amides is 2. The van der Waals surface area contributed by atoms with Gasteiger partial charge in [0.15, 0.2) is 5.43 Å². The lowest BCUT2D eigenvalue weighted by molar-refractivity contribution is -0.0326. The molecule has 2 aromatic carbocycles. The van der Waals surface area contributed by atoms with Crippen molar-refractivity contribution in [2.45, 2.75) is 0 Å². The summed E-state index contributed by atoms with van der Waals surface area (Å²) in [7, 11) is 0. The summed E-state index contributed by atoms with van der Waals surface area (Å²) in [6.07, 6.45) is 0. The lowest BCUT2D eigenvalue weighted by atomic mass is 10.1. The molecule has 0 unspecified atom stereocenters. The van der Waals surface area contributed by atoms with Crippen LogP contribution in [0.4, 0.5) is 0 Å². The number of hydrogen-bond donors (Lipinski definition) is 1. The molecule has 1 aliphatic heterocycles. The van der Waals surface area contributed by atoms with Gasteiger partial charge < -0.3 is 0 Å². The Morgan fingerprint density at radius 1 is 1.07 bits per heavy atom. The Labute approximate surface area is 76.8 Å². The predicted octanol–water partition coefficient (Wildman–Crippen LogP) is 0.0608. The molecule has 0 radical (unpaired) electrons. The summed E-state index contributed by atoms with van der Waals surface area (Å²) < 4.78 is 0. The van der Waals surface area contributed by atoms with Gasteiger partial charge in [-0.3, -0.25) is 19.6 Å². The fraction of sp³-hybridized carbons (Fsp3) is 0. The first kappa shape index (κ1) is 7.40. The van der Waals surface area contributed by atoms with Crippen LogP contribution in [0, 0.1) is 0 Å². The molecule has 0 fully saturated rings. The summed E-state index contributed by atoms with van der Waals surface area (Å²) in [5.41, 5.74) is -0.0789. The van der Waals surface area contributed by atoms with Gasteiger partial charge in [-0.2, -0.15) is 0 Å². The van der Waals surface area contributed by atoms with E-state index in [1.165, 1.54) is 12.1 Å². The maximum Gasteiger partial charge on any atom is 0.286 e. The van der Waals surface area contributed by atoms with Gasteiger partial charge >= 0.3 is 0 Å². The molecule has 2 aromatic rings. The van der Waals surface area contributed by atoms with Crippen LogP contribution < -0.4 is 5.43 Å². The van der Waals surface area contributed by atoms with Gasteiger partial charge in [0.25, 0.3) is 11.8 Å². The van der Waals surface area contributed by atoms with Crippen LogP contribution in [-0.2, 0) is 0 Å². The molecule has 5 heteroatoms. The summed E-state index contributed by atoms with van der Waals surface area (Å²) in [4.78, 5) is 33.6. The molecule has 2 amide bonds. The minimum absolute atomic E-state index is 0.0382. The number of benzene rings is 1. The van der Waals surface area contributed by atoms with Crippen molar-refractivity contribution in [3.05, 3.63) is 33.5 Å². The predicted molar refractivity (Wildman–Crippen MR) is 44.9 cm³/mol. The lowest BCUT2D eigenvalue weighted by Crippen LogP contribution is -2.25. The van der Waals surface area contributed by atoms with Crippen LogP contribution in [0.3, 0.4) is 0 Å². The molecular weight excluding hydrogens is 186 g/mol. The van der Waals surface area contributed by atoms with Gasteiger partial charge in [-0.25, -0.2) is 0 Å². The van der Waals surface area contributed by atoms with Gasteiger partial charge in [0.2, 0.25) is 0 Å². The minimum Gasteiger partial charge on any atom is -0.289 e. The third-order valence-corrected chi connectivity index (χ3v) is 2.44. The quantitative estimate of drug-likeness (QED) is 0.469. The Hall–Kier alpha value is -2.01.